The van der Waals surface area contributed by atoms with E-state index in [1.807, 2.05) is 17.5 Å². The largest absolute Gasteiger partial charge is 0.309 e. The van der Waals surface area contributed by atoms with E-state index in [0.717, 1.165) is 19.4 Å². The first-order valence-corrected chi connectivity index (χ1v) is 8.49. The van der Waals surface area contributed by atoms with Crippen LogP contribution in [0.5, 0.6) is 0 Å². The fraction of sp³-hybridized carbons (Fsp3) is 0.333. The molecule has 5 heteroatoms. The van der Waals surface area contributed by atoms with Crippen molar-refractivity contribution in [2.24, 2.45) is 0 Å². The Morgan fingerprint density at radius 3 is 3.00 bits per heavy atom. The van der Waals surface area contributed by atoms with E-state index in [0.29, 0.717) is 6.04 Å². The highest BCUT2D eigenvalue weighted by molar-refractivity contribution is 7.17. The predicted molar refractivity (Wildman–Crippen MR) is 86.5 cm³/mol. The third-order valence-corrected chi connectivity index (χ3v) is 5.14. The minimum atomic E-state index is 0.313. The van der Waals surface area contributed by atoms with E-state index in [1.165, 1.54) is 32.1 Å². The van der Waals surface area contributed by atoms with Gasteiger partial charge < -0.3 is 5.32 Å². The molecule has 20 heavy (non-hydrogen) atoms. The van der Waals surface area contributed by atoms with E-state index in [9.17, 15) is 0 Å². The number of hydrogen-bond donors (Lipinski definition) is 1. The van der Waals surface area contributed by atoms with Crippen LogP contribution in [0, 0.1) is 0 Å². The van der Waals surface area contributed by atoms with Crippen LogP contribution >= 0.6 is 22.9 Å². The number of aromatic nitrogens is 2. The number of nitrogens with zero attached hydrogens (tertiary/aromatic N) is 2. The quantitative estimate of drug-likeness (QED) is 0.747. The standard InChI is InChI=1S/C15H17N3S2/c1-2-7-16-13(15-9-17-18-20-15)8-11-10-19-14-6-4-3-5-12(11)14/h3-6,9-10,13,16H,2,7-8H2,1H3. The summed E-state index contributed by atoms with van der Waals surface area (Å²) in [6.45, 7) is 3.21. The van der Waals surface area contributed by atoms with Crippen LogP contribution in [0.25, 0.3) is 10.1 Å². The van der Waals surface area contributed by atoms with Gasteiger partial charge in [0.1, 0.15) is 0 Å². The van der Waals surface area contributed by atoms with Crippen molar-refractivity contribution in [1.29, 1.82) is 0 Å². The molecule has 104 valence electrons. The lowest BCUT2D eigenvalue weighted by Crippen LogP contribution is -2.23. The molecule has 1 N–H and O–H groups in total. The number of hydrogen-bond acceptors (Lipinski definition) is 5. The van der Waals surface area contributed by atoms with E-state index < -0.39 is 0 Å². The van der Waals surface area contributed by atoms with Gasteiger partial charge >= 0.3 is 0 Å². The van der Waals surface area contributed by atoms with Crippen LogP contribution in [0.15, 0.2) is 35.8 Å². The average Bonchev–Trinajstić information content (AvgIpc) is 3.13. The van der Waals surface area contributed by atoms with Crippen molar-refractivity contribution < 1.29 is 0 Å². The van der Waals surface area contributed by atoms with Crippen molar-refractivity contribution in [3.63, 3.8) is 0 Å². The van der Waals surface area contributed by atoms with Gasteiger partial charge in [-0.25, -0.2) is 0 Å². The lowest BCUT2D eigenvalue weighted by atomic mass is 10.0. The Balaban J connectivity index is 1.85. The van der Waals surface area contributed by atoms with Gasteiger partial charge in [-0.15, -0.1) is 16.4 Å². The Kier molecular flexibility index (Phi) is 4.40. The predicted octanol–water partition coefficient (Wildman–Crippen LogP) is 4.04. The van der Waals surface area contributed by atoms with Gasteiger partial charge in [0, 0.05) is 10.7 Å². The van der Waals surface area contributed by atoms with Gasteiger partial charge in [-0.3, -0.25) is 0 Å². The molecule has 2 aromatic heterocycles. The Morgan fingerprint density at radius 1 is 1.30 bits per heavy atom. The molecule has 0 spiro atoms. The zero-order valence-electron chi connectivity index (χ0n) is 11.4. The minimum Gasteiger partial charge on any atom is -0.309 e. The second kappa shape index (κ2) is 6.43. The molecule has 2 heterocycles. The van der Waals surface area contributed by atoms with Crippen molar-refractivity contribution in [3.05, 3.63) is 46.3 Å². The fourth-order valence-electron chi connectivity index (χ4n) is 2.33. The summed E-state index contributed by atoms with van der Waals surface area (Å²) in [5.74, 6) is 0. The molecule has 0 aliphatic rings. The van der Waals surface area contributed by atoms with E-state index in [4.69, 9.17) is 0 Å². The molecule has 1 aromatic carbocycles. The zero-order valence-corrected chi connectivity index (χ0v) is 13.0. The van der Waals surface area contributed by atoms with Crippen molar-refractivity contribution in [2.75, 3.05) is 6.54 Å². The molecule has 3 aromatic rings. The lowest BCUT2D eigenvalue weighted by molar-refractivity contribution is 0.537. The maximum atomic E-state index is 4.00. The number of thiophene rings is 1. The van der Waals surface area contributed by atoms with E-state index in [2.05, 4.69) is 51.5 Å². The molecule has 0 aliphatic heterocycles. The van der Waals surface area contributed by atoms with E-state index in [-0.39, 0.29) is 0 Å². The van der Waals surface area contributed by atoms with Crippen molar-refractivity contribution in [3.8, 4) is 0 Å². The highest BCUT2D eigenvalue weighted by Gasteiger charge is 2.16. The third kappa shape index (κ3) is 2.90. The molecule has 0 bridgehead atoms. The number of fused-ring (bicyclic) bond motifs is 1. The molecule has 0 radical (unpaired) electrons. The fourth-order valence-corrected chi connectivity index (χ4v) is 3.88. The van der Waals surface area contributed by atoms with Gasteiger partial charge in [-0.2, -0.15) is 0 Å². The van der Waals surface area contributed by atoms with Gasteiger partial charge in [-0.1, -0.05) is 29.6 Å². The zero-order chi connectivity index (χ0) is 13.8. The van der Waals surface area contributed by atoms with Crippen LogP contribution in [0.1, 0.15) is 29.8 Å². The Hall–Kier alpha value is -1.30. The molecule has 0 saturated heterocycles. The summed E-state index contributed by atoms with van der Waals surface area (Å²) in [7, 11) is 0. The number of rotatable bonds is 6. The average molecular weight is 303 g/mol. The first-order valence-electron chi connectivity index (χ1n) is 6.84. The van der Waals surface area contributed by atoms with Crippen LogP contribution in [-0.2, 0) is 6.42 Å². The molecule has 0 amide bonds. The Bertz CT molecular complexity index is 661. The topological polar surface area (TPSA) is 37.8 Å². The van der Waals surface area contributed by atoms with Crippen LogP contribution in [0.2, 0.25) is 0 Å². The van der Waals surface area contributed by atoms with Crippen LogP contribution in [0.4, 0.5) is 0 Å². The maximum absolute atomic E-state index is 4.00. The van der Waals surface area contributed by atoms with Gasteiger partial charge in [0.05, 0.1) is 11.1 Å². The summed E-state index contributed by atoms with van der Waals surface area (Å²) in [5, 5.41) is 11.2. The van der Waals surface area contributed by atoms with Gasteiger partial charge in [0.15, 0.2) is 0 Å². The molecule has 1 unspecified atom stereocenters. The second-order valence-corrected chi connectivity index (χ2v) is 6.52. The summed E-state index contributed by atoms with van der Waals surface area (Å²) < 4.78 is 5.36. The smallest absolute Gasteiger partial charge is 0.0669 e. The Labute approximate surface area is 126 Å². The molecule has 1 atom stereocenters. The molecule has 0 fully saturated rings. The van der Waals surface area contributed by atoms with Gasteiger partial charge in [0.25, 0.3) is 0 Å². The van der Waals surface area contributed by atoms with E-state index >= 15 is 0 Å². The molecular formula is C15H17N3S2. The highest BCUT2D eigenvalue weighted by Crippen LogP contribution is 2.30. The summed E-state index contributed by atoms with van der Waals surface area (Å²) in [6.07, 6.45) is 4.01. The molecule has 3 rings (SSSR count). The first-order chi connectivity index (χ1) is 9.88. The van der Waals surface area contributed by atoms with Gasteiger partial charge in [0.2, 0.25) is 0 Å². The number of nitrogens with one attached hydrogen (secondary N) is 1. The summed E-state index contributed by atoms with van der Waals surface area (Å²) in [5.41, 5.74) is 1.41. The first kappa shape index (κ1) is 13.7. The monoisotopic (exact) mass is 303 g/mol. The van der Waals surface area contributed by atoms with Crippen molar-refractivity contribution in [2.45, 2.75) is 25.8 Å². The van der Waals surface area contributed by atoms with E-state index in [1.54, 1.807) is 0 Å². The van der Waals surface area contributed by atoms with Crippen molar-refractivity contribution >= 4 is 33.0 Å². The lowest BCUT2D eigenvalue weighted by Gasteiger charge is -2.15. The minimum absolute atomic E-state index is 0.313. The molecule has 0 saturated carbocycles. The molecular weight excluding hydrogens is 286 g/mol. The van der Waals surface area contributed by atoms with Crippen molar-refractivity contribution in [1.82, 2.24) is 14.9 Å². The van der Waals surface area contributed by atoms with Crippen LogP contribution in [-0.4, -0.2) is 16.1 Å². The third-order valence-electron chi connectivity index (χ3n) is 3.35. The second-order valence-electron chi connectivity index (χ2n) is 4.79. The SMILES string of the molecule is CCCNC(Cc1csc2ccccc12)c1cnns1. The van der Waals surface area contributed by atoms with Crippen LogP contribution in [0.3, 0.4) is 0 Å². The summed E-state index contributed by atoms with van der Waals surface area (Å²) >= 11 is 3.31. The summed E-state index contributed by atoms with van der Waals surface area (Å²) in [4.78, 5) is 1.22. The maximum Gasteiger partial charge on any atom is 0.0669 e. The van der Waals surface area contributed by atoms with Gasteiger partial charge in [-0.05, 0) is 53.3 Å². The number of benzene rings is 1. The molecule has 3 nitrogen and oxygen atoms in total. The highest BCUT2D eigenvalue weighted by atomic mass is 32.1. The summed E-state index contributed by atoms with van der Waals surface area (Å²) in [6, 6.07) is 8.92. The normalized spacial score (nSPS) is 12.8. The molecule has 0 aliphatic carbocycles. The Morgan fingerprint density at radius 2 is 2.20 bits per heavy atom. The van der Waals surface area contributed by atoms with Crippen LogP contribution < -0.4 is 5.32 Å².